The molecule has 3 nitrogen and oxygen atoms in total. The smallest absolute Gasteiger partial charge is 0.252 e. The van der Waals surface area contributed by atoms with Crippen molar-refractivity contribution in [1.29, 1.82) is 0 Å². The first-order chi connectivity index (χ1) is 8.81. The molecule has 0 aliphatic heterocycles. The molecule has 1 amide bonds. The summed E-state index contributed by atoms with van der Waals surface area (Å²) in [6.45, 7) is 0.0451. The van der Waals surface area contributed by atoms with Crippen molar-refractivity contribution in [2.75, 3.05) is 6.61 Å². The summed E-state index contributed by atoms with van der Waals surface area (Å²) in [5.74, 6) is 5.73. The monoisotopic (exact) mass is 243 g/mol. The van der Waals surface area contributed by atoms with Crippen LogP contribution in [0.3, 0.4) is 0 Å². The first kappa shape index (κ1) is 12.7. The lowest BCUT2D eigenvalue weighted by molar-refractivity contribution is 0.0916. The molecule has 2 N–H and O–H groups in total. The van der Waals surface area contributed by atoms with Crippen LogP contribution in [0.5, 0.6) is 0 Å². The van der Waals surface area contributed by atoms with Gasteiger partial charge in [-0.05, 0) is 31.4 Å². The van der Waals surface area contributed by atoms with E-state index in [1.165, 1.54) is 6.42 Å². The molecule has 0 spiro atoms. The Morgan fingerprint density at radius 1 is 1.39 bits per heavy atom. The summed E-state index contributed by atoms with van der Waals surface area (Å²) in [5, 5.41) is 11.7. The van der Waals surface area contributed by atoms with Crippen molar-refractivity contribution in [1.82, 2.24) is 5.32 Å². The van der Waals surface area contributed by atoms with E-state index < -0.39 is 0 Å². The zero-order valence-corrected chi connectivity index (χ0v) is 10.3. The van der Waals surface area contributed by atoms with Gasteiger partial charge in [-0.15, -0.1) is 0 Å². The minimum atomic E-state index is -0.0476. The summed E-state index contributed by atoms with van der Waals surface area (Å²) in [6.07, 6.45) is 3.77. The third kappa shape index (κ3) is 3.12. The van der Waals surface area contributed by atoms with Crippen LogP contribution >= 0.6 is 0 Å². The molecule has 1 aliphatic rings. The number of aliphatic hydroxyl groups is 1. The van der Waals surface area contributed by atoms with Gasteiger partial charge in [0.15, 0.2) is 0 Å². The topological polar surface area (TPSA) is 49.3 Å². The number of carbonyl (C=O) groups excluding carboxylic acids is 1. The van der Waals surface area contributed by atoms with Crippen molar-refractivity contribution in [2.24, 2.45) is 0 Å². The molecular formula is C15H17NO2. The number of amides is 1. The molecule has 3 heteroatoms. The van der Waals surface area contributed by atoms with E-state index in [0.717, 1.165) is 18.4 Å². The van der Waals surface area contributed by atoms with Crippen molar-refractivity contribution in [3.05, 3.63) is 35.4 Å². The lowest BCUT2D eigenvalue weighted by Gasteiger charge is -2.26. The van der Waals surface area contributed by atoms with Gasteiger partial charge in [0.1, 0.15) is 0 Å². The van der Waals surface area contributed by atoms with Crippen LogP contribution in [-0.2, 0) is 0 Å². The third-order valence-corrected chi connectivity index (χ3v) is 3.07. The van der Waals surface area contributed by atoms with Crippen LogP contribution in [0, 0.1) is 11.8 Å². The van der Waals surface area contributed by atoms with Crippen molar-refractivity contribution in [2.45, 2.75) is 31.7 Å². The molecule has 1 saturated carbocycles. The average molecular weight is 243 g/mol. The fraction of sp³-hybridized carbons (Fsp3) is 0.400. The second-order valence-corrected chi connectivity index (χ2v) is 4.42. The molecule has 0 saturated heterocycles. The van der Waals surface area contributed by atoms with Gasteiger partial charge >= 0.3 is 0 Å². The van der Waals surface area contributed by atoms with E-state index in [9.17, 15) is 4.79 Å². The second kappa shape index (κ2) is 6.23. The lowest BCUT2D eigenvalue weighted by atomic mass is 9.92. The van der Waals surface area contributed by atoms with Gasteiger partial charge in [0, 0.05) is 18.0 Å². The van der Waals surface area contributed by atoms with E-state index in [-0.39, 0.29) is 12.5 Å². The van der Waals surface area contributed by atoms with Gasteiger partial charge < -0.3 is 10.4 Å². The number of aliphatic hydroxyl groups excluding tert-OH is 1. The minimum absolute atomic E-state index is 0.0451. The quantitative estimate of drug-likeness (QED) is 0.794. The Morgan fingerprint density at radius 3 is 2.83 bits per heavy atom. The minimum Gasteiger partial charge on any atom is -0.395 e. The molecule has 0 bridgehead atoms. The molecule has 1 aliphatic carbocycles. The van der Waals surface area contributed by atoms with E-state index in [0.29, 0.717) is 18.0 Å². The van der Waals surface area contributed by atoms with Gasteiger partial charge in [-0.3, -0.25) is 4.79 Å². The highest BCUT2D eigenvalue weighted by molar-refractivity contribution is 5.96. The molecule has 0 unspecified atom stereocenters. The molecule has 0 heterocycles. The third-order valence-electron chi connectivity index (χ3n) is 3.07. The van der Waals surface area contributed by atoms with Crippen LogP contribution in [0.15, 0.2) is 24.3 Å². The second-order valence-electron chi connectivity index (χ2n) is 4.42. The Hall–Kier alpha value is -1.79. The van der Waals surface area contributed by atoms with E-state index in [1.54, 1.807) is 6.07 Å². The molecular weight excluding hydrogens is 226 g/mol. The summed E-state index contributed by atoms with van der Waals surface area (Å²) in [4.78, 5) is 12.1. The molecule has 18 heavy (non-hydrogen) atoms. The average Bonchev–Trinajstić information content (AvgIpc) is 2.34. The van der Waals surface area contributed by atoms with Gasteiger partial charge in [-0.25, -0.2) is 0 Å². The van der Waals surface area contributed by atoms with Crippen molar-refractivity contribution in [3.8, 4) is 11.8 Å². The maximum atomic E-state index is 12.1. The van der Waals surface area contributed by atoms with Gasteiger partial charge in [-0.1, -0.05) is 24.0 Å². The maximum Gasteiger partial charge on any atom is 0.252 e. The Labute approximate surface area is 107 Å². The predicted molar refractivity (Wildman–Crippen MR) is 70.1 cm³/mol. The fourth-order valence-electron chi connectivity index (χ4n) is 1.82. The van der Waals surface area contributed by atoms with Crippen LogP contribution < -0.4 is 5.32 Å². The normalized spacial score (nSPS) is 14.3. The number of hydrogen-bond donors (Lipinski definition) is 2. The molecule has 0 atom stereocenters. The van der Waals surface area contributed by atoms with E-state index in [2.05, 4.69) is 17.2 Å². The van der Waals surface area contributed by atoms with E-state index in [1.807, 2.05) is 18.2 Å². The van der Waals surface area contributed by atoms with Crippen molar-refractivity contribution < 1.29 is 9.90 Å². The Balaban J connectivity index is 2.11. The molecule has 0 radical (unpaired) electrons. The highest BCUT2D eigenvalue weighted by Crippen LogP contribution is 2.19. The number of rotatable bonds is 3. The summed E-state index contributed by atoms with van der Waals surface area (Å²) in [6, 6.07) is 7.66. The van der Waals surface area contributed by atoms with E-state index in [4.69, 9.17) is 5.11 Å². The molecule has 1 fully saturated rings. The molecule has 0 aromatic heterocycles. The first-order valence-electron chi connectivity index (χ1n) is 6.31. The summed E-state index contributed by atoms with van der Waals surface area (Å²) in [7, 11) is 0. The number of carbonyl (C=O) groups is 1. The molecule has 1 aromatic carbocycles. The van der Waals surface area contributed by atoms with Gasteiger partial charge in [0.2, 0.25) is 0 Å². The van der Waals surface area contributed by atoms with Crippen LogP contribution in [0.1, 0.15) is 41.6 Å². The van der Waals surface area contributed by atoms with Crippen LogP contribution in [0.25, 0.3) is 0 Å². The predicted octanol–water partition coefficient (Wildman–Crippen LogP) is 1.70. The van der Waals surface area contributed by atoms with Crippen LogP contribution in [0.4, 0.5) is 0 Å². The lowest BCUT2D eigenvalue weighted by Crippen LogP contribution is -2.39. The van der Waals surface area contributed by atoms with Gasteiger partial charge in [0.25, 0.3) is 5.91 Å². The number of hydrogen-bond acceptors (Lipinski definition) is 2. The number of benzene rings is 1. The van der Waals surface area contributed by atoms with Gasteiger partial charge in [0.05, 0.1) is 12.2 Å². The zero-order chi connectivity index (χ0) is 12.8. The fourth-order valence-corrected chi connectivity index (χ4v) is 1.82. The summed E-state index contributed by atoms with van der Waals surface area (Å²) in [5.41, 5.74) is 1.35. The molecule has 1 aromatic rings. The van der Waals surface area contributed by atoms with Crippen LogP contribution in [-0.4, -0.2) is 23.7 Å². The Bertz CT molecular complexity index is 481. The van der Waals surface area contributed by atoms with Crippen molar-refractivity contribution >= 4 is 5.91 Å². The Kier molecular flexibility index (Phi) is 4.38. The largest absolute Gasteiger partial charge is 0.395 e. The zero-order valence-electron chi connectivity index (χ0n) is 10.3. The summed E-state index contributed by atoms with van der Waals surface area (Å²) >= 11 is 0. The van der Waals surface area contributed by atoms with Gasteiger partial charge in [-0.2, -0.15) is 0 Å². The SMILES string of the molecule is O=C(NC1CCC1)c1ccccc1C#CCCO. The van der Waals surface area contributed by atoms with E-state index >= 15 is 0 Å². The molecule has 94 valence electrons. The number of nitrogens with one attached hydrogen (secondary N) is 1. The standard InChI is InChI=1S/C15H17NO2/c17-11-4-3-7-12-6-1-2-10-14(12)15(18)16-13-8-5-9-13/h1-2,6,10,13,17H,4-5,8-9,11H2,(H,16,18). The molecule has 2 rings (SSSR count). The Morgan fingerprint density at radius 2 is 2.17 bits per heavy atom. The maximum absolute atomic E-state index is 12.1. The van der Waals surface area contributed by atoms with Crippen molar-refractivity contribution in [3.63, 3.8) is 0 Å². The van der Waals surface area contributed by atoms with Crippen LogP contribution in [0.2, 0.25) is 0 Å². The first-order valence-corrected chi connectivity index (χ1v) is 6.31. The summed E-state index contributed by atoms with van der Waals surface area (Å²) < 4.78 is 0. The highest BCUT2D eigenvalue weighted by atomic mass is 16.2. The highest BCUT2D eigenvalue weighted by Gasteiger charge is 2.20.